The predicted octanol–water partition coefficient (Wildman–Crippen LogP) is 3.19. The Morgan fingerprint density at radius 2 is 1.89 bits per heavy atom. The third-order valence-electron chi connectivity index (χ3n) is 4.55. The molecule has 10 heteroatoms. The summed E-state index contributed by atoms with van der Waals surface area (Å²) in [5.74, 6) is 2.11. The van der Waals surface area contributed by atoms with Crippen LogP contribution < -0.4 is 19.5 Å². The number of benzene rings is 1. The number of nitrogens with one attached hydrogen (secondary N) is 1. The largest absolute Gasteiger partial charge is 0.493 e. The third kappa shape index (κ3) is 3.29. The fraction of sp³-hybridized carbons (Fsp3) is 0.389. The van der Waals surface area contributed by atoms with Crippen molar-refractivity contribution in [3.05, 3.63) is 18.5 Å². The first kappa shape index (κ1) is 18.6. The molecule has 0 bridgehead atoms. The van der Waals surface area contributed by atoms with Gasteiger partial charge in [-0.2, -0.15) is 0 Å². The molecular formula is C18H21N5O4S. The first-order valence-electron chi connectivity index (χ1n) is 8.76. The number of nitrogens with zero attached hydrogens (tertiary/aromatic N) is 4. The summed E-state index contributed by atoms with van der Waals surface area (Å²) >= 11 is 4.36. The molecule has 0 radical (unpaired) electrons. The Hall–Kier alpha value is -2.72. The summed E-state index contributed by atoms with van der Waals surface area (Å²) in [6.45, 7) is 0.736. The van der Waals surface area contributed by atoms with E-state index in [1.807, 2.05) is 4.57 Å². The quantitative estimate of drug-likeness (QED) is 0.479. The summed E-state index contributed by atoms with van der Waals surface area (Å²) in [4.78, 5) is 13.3. The van der Waals surface area contributed by atoms with Gasteiger partial charge in [-0.3, -0.25) is 4.57 Å². The van der Waals surface area contributed by atoms with Crippen molar-refractivity contribution in [3.8, 4) is 17.2 Å². The molecule has 0 spiro atoms. The van der Waals surface area contributed by atoms with Crippen molar-refractivity contribution < 1.29 is 18.9 Å². The smallest absolute Gasteiger partial charge is 0.203 e. The van der Waals surface area contributed by atoms with Gasteiger partial charge in [-0.15, -0.1) is 12.6 Å². The van der Waals surface area contributed by atoms with E-state index >= 15 is 0 Å². The molecule has 148 valence electrons. The van der Waals surface area contributed by atoms with Crippen LogP contribution in [0.2, 0.25) is 0 Å². The van der Waals surface area contributed by atoms with E-state index in [0.29, 0.717) is 45.1 Å². The maximum atomic E-state index is 5.76. The molecule has 28 heavy (non-hydrogen) atoms. The van der Waals surface area contributed by atoms with E-state index in [2.05, 4.69) is 32.9 Å². The van der Waals surface area contributed by atoms with Gasteiger partial charge in [-0.1, -0.05) is 0 Å². The van der Waals surface area contributed by atoms with Crippen molar-refractivity contribution in [3.63, 3.8) is 0 Å². The lowest BCUT2D eigenvalue weighted by atomic mass is 10.2. The number of thiol groups is 1. The van der Waals surface area contributed by atoms with Gasteiger partial charge in [-0.05, 0) is 12.8 Å². The monoisotopic (exact) mass is 403 g/mol. The van der Waals surface area contributed by atoms with Crippen LogP contribution in [0.3, 0.4) is 0 Å². The van der Waals surface area contributed by atoms with Crippen LogP contribution in [0.1, 0.15) is 19.1 Å². The Labute approximate surface area is 167 Å². The zero-order chi connectivity index (χ0) is 19.7. The molecule has 9 nitrogen and oxygen atoms in total. The highest BCUT2D eigenvalue weighted by molar-refractivity contribution is 7.80. The fourth-order valence-electron chi connectivity index (χ4n) is 3.27. The average Bonchev–Trinajstić information content (AvgIpc) is 3.36. The number of methoxy groups -OCH3 is 3. The van der Waals surface area contributed by atoms with Crippen molar-refractivity contribution in [2.24, 2.45) is 0 Å². The summed E-state index contributed by atoms with van der Waals surface area (Å²) in [5, 5.41) is 3.60. The molecule has 4 rings (SSSR count). The molecule has 1 atom stereocenters. The van der Waals surface area contributed by atoms with Crippen LogP contribution >= 0.6 is 12.6 Å². The number of hydrogen-bond acceptors (Lipinski definition) is 9. The summed E-state index contributed by atoms with van der Waals surface area (Å²) in [6, 6.07) is 3.59. The number of aromatic nitrogens is 4. The molecule has 1 N–H and O–H groups in total. The molecule has 3 heterocycles. The Bertz CT molecular complexity index is 978. The van der Waals surface area contributed by atoms with Gasteiger partial charge in [0.15, 0.2) is 33.6 Å². The highest BCUT2D eigenvalue weighted by Crippen LogP contribution is 2.41. The zero-order valence-corrected chi connectivity index (χ0v) is 16.7. The van der Waals surface area contributed by atoms with Gasteiger partial charge in [0, 0.05) is 24.4 Å². The average molecular weight is 403 g/mol. The summed E-state index contributed by atoms with van der Waals surface area (Å²) in [7, 11) is 4.70. The Balaban J connectivity index is 1.76. The van der Waals surface area contributed by atoms with E-state index in [1.54, 1.807) is 39.8 Å². The van der Waals surface area contributed by atoms with E-state index in [-0.39, 0.29) is 6.23 Å². The van der Waals surface area contributed by atoms with Gasteiger partial charge in [0.2, 0.25) is 5.75 Å². The van der Waals surface area contributed by atoms with Crippen molar-refractivity contribution in [1.82, 2.24) is 19.5 Å². The summed E-state index contributed by atoms with van der Waals surface area (Å²) < 4.78 is 23.9. The lowest BCUT2D eigenvalue weighted by Gasteiger charge is -2.15. The summed E-state index contributed by atoms with van der Waals surface area (Å²) in [6.07, 6.45) is 3.59. The number of rotatable bonds is 6. The number of ether oxygens (including phenoxy) is 4. The first-order chi connectivity index (χ1) is 13.6. The molecule has 1 aliphatic rings. The minimum Gasteiger partial charge on any atom is -0.493 e. The zero-order valence-electron chi connectivity index (χ0n) is 15.8. The second-order valence-electron chi connectivity index (χ2n) is 6.20. The van der Waals surface area contributed by atoms with E-state index in [9.17, 15) is 0 Å². The molecule has 0 amide bonds. The SMILES string of the molecule is COc1cc(Nc2nc(S)nc3c2ncn3C2CCCO2)cc(OC)c1OC. The Kier molecular flexibility index (Phi) is 5.14. The normalized spacial score (nSPS) is 16.4. The van der Waals surface area contributed by atoms with Crippen LogP contribution in [0.15, 0.2) is 23.6 Å². The van der Waals surface area contributed by atoms with Crippen LogP contribution in [0.4, 0.5) is 11.5 Å². The lowest BCUT2D eigenvalue weighted by molar-refractivity contribution is 0.0592. The highest BCUT2D eigenvalue weighted by Gasteiger charge is 2.22. The van der Waals surface area contributed by atoms with E-state index in [1.165, 1.54) is 0 Å². The van der Waals surface area contributed by atoms with Gasteiger partial charge in [-0.25, -0.2) is 15.0 Å². The second-order valence-corrected chi connectivity index (χ2v) is 6.60. The van der Waals surface area contributed by atoms with Gasteiger partial charge >= 0.3 is 0 Å². The fourth-order valence-corrected chi connectivity index (χ4v) is 3.47. The Morgan fingerprint density at radius 3 is 2.50 bits per heavy atom. The maximum Gasteiger partial charge on any atom is 0.203 e. The predicted molar refractivity (Wildman–Crippen MR) is 106 cm³/mol. The van der Waals surface area contributed by atoms with Crippen LogP contribution in [0.25, 0.3) is 11.2 Å². The maximum absolute atomic E-state index is 5.76. The van der Waals surface area contributed by atoms with Crippen molar-refractivity contribution in [2.75, 3.05) is 33.3 Å². The van der Waals surface area contributed by atoms with E-state index in [4.69, 9.17) is 18.9 Å². The van der Waals surface area contributed by atoms with Crippen molar-refractivity contribution in [1.29, 1.82) is 0 Å². The molecule has 3 aromatic rings. The van der Waals surface area contributed by atoms with Gasteiger partial charge in [0.1, 0.15) is 6.23 Å². The number of fused-ring (bicyclic) bond motifs is 1. The van der Waals surface area contributed by atoms with E-state index in [0.717, 1.165) is 19.4 Å². The molecule has 2 aromatic heterocycles. The molecule has 1 aliphatic heterocycles. The molecule has 0 saturated carbocycles. The number of anilines is 2. The topological polar surface area (TPSA) is 92.6 Å². The van der Waals surface area contributed by atoms with Crippen LogP contribution in [0, 0.1) is 0 Å². The second kappa shape index (κ2) is 7.72. The minimum atomic E-state index is -0.0679. The van der Waals surface area contributed by atoms with Gasteiger partial charge < -0.3 is 24.3 Å². The highest BCUT2D eigenvalue weighted by atomic mass is 32.1. The Morgan fingerprint density at radius 1 is 1.14 bits per heavy atom. The molecule has 0 aliphatic carbocycles. The van der Waals surface area contributed by atoms with E-state index < -0.39 is 0 Å². The molecule has 1 fully saturated rings. The van der Waals surface area contributed by atoms with Gasteiger partial charge in [0.25, 0.3) is 0 Å². The summed E-state index contributed by atoms with van der Waals surface area (Å²) in [5.41, 5.74) is 2.00. The third-order valence-corrected chi connectivity index (χ3v) is 4.75. The van der Waals surface area contributed by atoms with Crippen LogP contribution in [-0.4, -0.2) is 47.5 Å². The standard InChI is InChI=1S/C18H21N5O4S/c1-24-11-7-10(8-12(25-2)15(11)26-3)20-16-14-17(22-18(28)21-16)23(9-19-14)13-5-4-6-27-13/h7-9,13H,4-6H2,1-3H3,(H2,20,21,22,28). The molecule has 1 unspecified atom stereocenters. The molecular weight excluding hydrogens is 382 g/mol. The van der Waals surface area contributed by atoms with Gasteiger partial charge in [0.05, 0.1) is 27.7 Å². The molecule has 1 saturated heterocycles. The number of hydrogen-bond donors (Lipinski definition) is 2. The molecule has 1 aromatic carbocycles. The number of imidazole rings is 1. The first-order valence-corrected chi connectivity index (χ1v) is 9.21. The van der Waals surface area contributed by atoms with Crippen molar-refractivity contribution in [2.45, 2.75) is 24.2 Å². The minimum absolute atomic E-state index is 0.0679. The van der Waals surface area contributed by atoms with Crippen molar-refractivity contribution >= 4 is 35.3 Å². The van der Waals surface area contributed by atoms with Crippen LogP contribution in [-0.2, 0) is 4.74 Å². The lowest BCUT2D eigenvalue weighted by Crippen LogP contribution is -2.07. The van der Waals surface area contributed by atoms with Crippen LogP contribution in [0.5, 0.6) is 17.2 Å².